The van der Waals surface area contributed by atoms with Crippen LogP contribution in [0.15, 0.2) is 24.3 Å². The molecule has 0 amide bonds. The molecule has 8 nitrogen and oxygen atoms in total. The molecular formula is C25H30ClNO7. The zero-order valence-corrected chi connectivity index (χ0v) is 20.5. The van der Waals surface area contributed by atoms with Crippen LogP contribution < -0.4 is 18.9 Å². The van der Waals surface area contributed by atoms with Crippen molar-refractivity contribution in [2.75, 3.05) is 40.7 Å². The predicted octanol–water partition coefficient (Wildman–Crippen LogP) is 3.67. The van der Waals surface area contributed by atoms with E-state index >= 15 is 0 Å². The van der Waals surface area contributed by atoms with Crippen molar-refractivity contribution in [1.29, 1.82) is 0 Å². The number of carbonyl (C=O) groups is 1. The van der Waals surface area contributed by atoms with Gasteiger partial charge in [0.2, 0.25) is 12.5 Å². The SMILES string of the molecule is CCN(CC)[C@@H]1c2cc3c(cc2C(c2cc(OC)c(O)c(OC)c2)C2C(=O)CO[C@@H]21)OCO3.Cl. The third-order valence-corrected chi connectivity index (χ3v) is 7.11. The molecule has 9 heteroatoms. The van der Waals surface area contributed by atoms with Crippen molar-refractivity contribution in [3.05, 3.63) is 41.0 Å². The van der Waals surface area contributed by atoms with Gasteiger partial charge in [0.15, 0.2) is 28.8 Å². The van der Waals surface area contributed by atoms with E-state index < -0.39 is 0 Å². The molecule has 1 N–H and O–H groups in total. The van der Waals surface area contributed by atoms with Gasteiger partial charge in [0.1, 0.15) is 6.61 Å². The van der Waals surface area contributed by atoms with E-state index in [0.717, 1.165) is 29.8 Å². The summed E-state index contributed by atoms with van der Waals surface area (Å²) >= 11 is 0. The van der Waals surface area contributed by atoms with E-state index in [0.29, 0.717) is 23.0 Å². The molecule has 2 aromatic rings. The molecule has 0 bridgehead atoms. The minimum Gasteiger partial charge on any atom is -0.502 e. The highest BCUT2D eigenvalue weighted by Gasteiger charge is 2.53. The van der Waals surface area contributed by atoms with Crippen molar-refractivity contribution < 1.29 is 33.6 Å². The van der Waals surface area contributed by atoms with E-state index in [1.807, 2.05) is 12.1 Å². The fourth-order valence-electron chi connectivity index (χ4n) is 5.60. The van der Waals surface area contributed by atoms with Gasteiger partial charge in [-0.2, -0.15) is 0 Å². The molecule has 0 radical (unpaired) electrons. The number of fused-ring (bicyclic) bond motifs is 3. The Hall–Kier alpha value is -2.68. The van der Waals surface area contributed by atoms with Crippen LogP contribution in [0, 0.1) is 5.92 Å². The molecule has 5 rings (SSSR count). The molecule has 1 aliphatic carbocycles. The number of halogens is 1. The first-order valence-electron chi connectivity index (χ1n) is 11.3. The highest BCUT2D eigenvalue weighted by Crippen LogP contribution is 2.55. The number of nitrogens with zero attached hydrogens (tertiary/aromatic N) is 1. The number of carbonyl (C=O) groups excluding carboxylic acids is 1. The van der Waals surface area contributed by atoms with Crippen molar-refractivity contribution >= 4 is 18.2 Å². The second kappa shape index (κ2) is 9.52. The summed E-state index contributed by atoms with van der Waals surface area (Å²) in [5.41, 5.74) is 2.87. The number of rotatable bonds is 6. The molecule has 1 saturated heterocycles. The molecule has 2 aromatic carbocycles. The van der Waals surface area contributed by atoms with E-state index in [1.165, 1.54) is 14.2 Å². The Balaban J connectivity index is 0.00000274. The van der Waals surface area contributed by atoms with Crippen LogP contribution in [0.2, 0.25) is 0 Å². The summed E-state index contributed by atoms with van der Waals surface area (Å²) in [6.07, 6.45) is -0.305. The number of phenolic OH excluding ortho intramolecular Hbond substituents is 1. The van der Waals surface area contributed by atoms with E-state index in [4.69, 9.17) is 23.7 Å². The molecule has 0 saturated carbocycles. The van der Waals surface area contributed by atoms with Crippen molar-refractivity contribution in [3.8, 4) is 28.7 Å². The third kappa shape index (κ3) is 3.65. The molecule has 0 aromatic heterocycles. The Labute approximate surface area is 205 Å². The Morgan fingerprint density at radius 3 is 2.15 bits per heavy atom. The predicted molar refractivity (Wildman–Crippen MR) is 127 cm³/mol. The van der Waals surface area contributed by atoms with Crippen LogP contribution in [0.4, 0.5) is 0 Å². The van der Waals surface area contributed by atoms with Gasteiger partial charge in [0, 0.05) is 5.92 Å². The lowest BCUT2D eigenvalue weighted by Crippen LogP contribution is -2.45. The fraction of sp³-hybridized carbons (Fsp3) is 0.480. The largest absolute Gasteiger partial charge is 0.502 e. The second-order valence-electron chi connectivity index (χ2n) is 8.52. The summed E-state index contributed by atoms with van der Waals surface area (Å²) in [7, 11) is 2.99. The van der Waals surface area contributed by atoms with E-state index in [2.05, 4.69) is 18.7 Å². The number of hydrogen-bond acceptors (Lipinski definition) is 8. The molecule has 2 aliphatic heterocycles. The molecule has 1 fully saturated rings. The maximum absolute atomic E-state index is 13.2. The number of methoxy groups -OCH3 is 2. The van der Waals surface area contributed by atoms with E-state index in [1.54, 1.807) is 12.1 Å². The van der Waals surface area contributed by atoms with Gasteiger partial charge >= 0.3 is 0 Å². The first kappa shape index (κ1) is 24.4. The Kier molecular flexibility index (Phi) is 6.85. The third-order valence-electron chi connectivity index (χ3n) is 7.11. The molecule has 4 atom stereocenters. The molecule has 2 unspecified atom stereocenters. The van der Waals surface area contributed by atoms with Crippen molar-refractivity contribution in [2.45, 2.75) is 31.9 Å². The molecule has 0 spiro atoms. The summed E-state index contributed by atoms with van der Waals surface area (Å²) in [5, 5.41) is 10.5. The minimum atomic E-state index is -0.387. The van der Waals surface area contributed by atoms with Crippen LogP contribution in [-0.4, -0.2) is 62.6 Å². The van der Waals surface area contributed by atoms with E-state index in [9.17, 15) is 9.90 Å². The van der Waals surface area contributed by atoms with Crippen LogP contribution in [0.1, 0.15) is 42.5 Å². The second-order valence-corrected chi connectivity index (χ2v) is 8.52. The lowest BCUT2D eigenvalue weighted by Gasteiger charge is -2.44. The van der Waals surface area contributed by atoms with Crippen molar-refractivity contribution in [1.82, 2.24) is 4.90 Å². The van der Waals surface area contributed by atoms with Gasteiger partial charge in [0.25, 0.3) is 0 Å². The fourth-order valence-corrected chi connectivity index (χ4v) is 5.60. The first-order valence-corrected chi connectivity index (χ1v) is 11.3. The molecule has 3 aliphatic rings. The van der Waals surface area contributed by atoms with Crippen molar-refractivity contribution in [3.63, 3.8) is 0 Å². The van der Waals surface area contributed by atoms with Crippen LogP contribution in [0.5, 0.6) is 28.7 Å². The average Bonchev–Trinajstić information content (AvgIpc) is 3.44. The van der Waals surface area contributed by atoms with Gasteiger partial charge in [-0.15, -0.1) is 12.4 Å². The van der Waals surface area contributed by atoms with Crippen molar-refractivity contribution in [2.24, 2.45) is 5.92 Å². The number of ether oxygens (including phenoxy) is 5. The lowest BCUT2D eigenvalue weighted by atomic mass is 9.67. The number of aromatic hydroxyl groups is 1. The summed E-state index contributed by atoms with van der Waals surface area (Å²) in [6, 6.07) is 7.49. The first-order chi connectivity index (χ1) is 16.0. The number of likely N-dealkylation sites (N-methyl/N-ethyl adjacent to an activating group) is 1. The standard InChI is InChI=1S/C25H29NO7.ClH/c1-5-26(6-2)23-15-10-18-17(32-12-33-18)9-14(15)21(22-16(27)11-31-25(22)23)13-7-19(29-3)24(28)20(8-13)30-4;/h7-10,21-23,25,28H,5-6,11-12H2,1-4H3;1H/t21?,22?,23-,25+;/m1./s1. The van der Waals surface area contributed by atoms with Crippen LogP contribution >= 0.6 is 12.4 Å². The Morgan fingerprint density at radius 2 is 1.59 bits per heavy atom. The van der Waals surface area contributed by atoms with Gasteiger partial charge < -0.3 is 28.8 Å². The number of phenols is 1. The molecule has 2 heterocycles. The summed E-state index contributed by atoms with van der Waals surface area (Å²) in [4.78, 5) is 15.6. The quantitative estimate of drug-likeness (QED) is 0.655. The number of hydrogen-bond donors (Lipinski definition) is 1. The van der Waals surface area contributed by atoms with Crippen LogP contribution in [0.25, 0.3) is 0 Å². The molecule has 184 valence electrons. The average molecular weight is 492 g/mol. The van der Waals surface area contributed by atoms with Gasteiger partial charge in [0.05, 0.1) is 32.3 Å². The summed E-state index contributed by atoms with van der Waals surface area (Å²) in [5.74, 6) is 1.24. The van der Waals surface area contributed by atoms with Gasteiger partial charge in [-0.1, -0.05) is 13.8 Å². The van der Waals surface area contributed by atoms with Gasteiger partial charge in [-0.25, -0.2) is 0 Å². The molecular weight excluding hydrogens is 462 g/mol. The normalized spacial score (nSPS) is 24.4. The minimum absolute atomic E-state index is 0. The maximum atomic E-state index is 13.2. The maximum Gasteiger partial charge on any atom is 0.231 e. The lowest BCUT2D eigenvalue weighted by molar-refractivity contribution is -0.121. The van der Waals surface area contributed by atoms with Crippen LogP contribution in [-0.2, 0) is 9.53 Å². The Bertz CT molecular complexity index is 1060. The number of ketones is 1. The molecule has 34 heavy (non-hydrogen) atoms. The highest BCUT2D eigenvalue weighted by atomic mass is 35.5. The Morgan fingerprint density at radius 1 is 1.00 bits per heavy atom. The zero-order valence-electron chi connectivity index (χ0n) is 19.7. The summed E-state index contributed by atoms with van der Waals surface area (Å²) in [6.45, 7) is 6.12. The monoisotopic (exact) mass is 491 g/mol. The number of Topliss-reactive ketones (excluding diaryl/α,β-unsaturated/α-hetero) is 1. The zero-order chi connectivity index (χ0) is 23.3. The topological polar surface area (TPSA) is 86.7 Å². The van der Waals surface area contributed by atoms with Gasteiger partial charge in [-0.05, 0) is 54.0 Å². The summed E-state index contributed by atoms with van der Waals surface area (Å²) < 4.78 is 28.4. The highest BCUT2D eigenvalue weighted by molar-refractivity contribution is 5.87. The van der Waals surface area contributed by atoms with Crippen LogP contribution in [0.3, 0.4) is 0 Å². The number of benzene rings is 2. The smallest absolute Gasteiger partial charge is 0.231 e. The van der Waals surface area contributed by atoms with E-state index in [-0.39, 0.29) is 61.3 Å². The van der Waals surface area contributed by atoms with Gasteiger partial charge in [-0.3, -0.25) is 9.69 Å².